The summed E-state index contributed by atoms with van der Waals surface area (Å²) in [4.78, 5) is 13.3. The van der Waals surface area contributed by atoms with Crippen molar-refractivity contribution in [2.75, 3.05) is 53.1 Å². The van der Waals surface area contributed by atoms with Crippen molar-refractivity contribution in [1.82, 2.24) is 10.2 Å². The van der Waals surface area contributed by atoms with Gasteiger partial charge in [-0.15, -0.1) is 0 Å². The van der Waals surface area contributed by atoms with Crippen molar-refractivity contribution < 1.29 is 14.3 Å². The molecule has 19 heavy (non-hydrogen) atoms. The van der Waals surface area contributed by atoms with Gasteiger partial charge in [0.1, 0.15) is 6.61 Å². The first-order chi connectivity index (χ1) is 9.33. The normalized spacial score (nSPS) is 15.5. The second-order valence-electron chi connectivity index (χ2n) is 4.24. The van der Waals surface area contributed by atoms with Crippen molar-refractivity contribution in [2.45, 2.75) is 33.1 Å². The van der Waals surface area contributed by atoms with E-state index in [1.807, 2.05) is 13.8 Å². The molecule has 0 unspecified atom stereocenters. The highest BCUT2D eigenvalue weighted by Crippen LogP contribution is 2.07. The van der Waals surface area contributed by atoms with E-state index < -0.39 is 0 Å². The second-order valence-corrected chi connectivity index (χ2v) is 4.24. The number of hydrogen-bond donors (Lipinski definition) is 1. The molecular weight excluding hydrogens is 244 g/mol. The van der Waals surface area contributed by atoms with Gasteiger partial charge < -0.3 is 19.7 Å². The van der Waals surface area contributed by atoms with Crippen LogP contribution in [0.1, 0.15) is 33.1 Å². The molecule has 0 aromatic carbocycles. The van der Waals surface area contributed by atoms with Crippen LogP contribution in [0.3, 0.4) is 0 Å². The Kier molecular flexibility index (Phi) is 13.3. The van der Waals surface area contributed by atoms with Crippen LogP contribution in [0.4, 0.5) is 0 Å². The molecule has 1 aliphatic rings. The fourth-order valence-corrected chi connectivity index (χ4v) is 1.83. The lowest BCUT2D eigenvalue weighted by Crippen LogP contribution is -2.33. The van der Waals surface area contributed by atoms with Crippen molar-refractivity contribution in [1.29, 1.82) is 0 Å². The zero-order valence-electron chi connectivity index (χ0n) is 12.7. The average molecular weight is 274 g/mol. The minimum absolute atomic E-state index is 0.0988. The molecular formula is C14H30N2O3. The molecule has 1 rings (SSSR count). The van der Waals surface area contributed by atoms with Crippen LogP contribution in [0.15, 0.2) is 0 Å². The summed E-state index contributed by atoms with van der Waals surface area (Å²) in [6.45, 7) is 9.33. The van der Waals surface area contributed by atoms with Crippen molar-refractivity contribution in [3.8, 4) is 0 Å². The Balaban J connectivity index is 0.00000154. The molecule has 1 saturated heterocycles. The molecule has 0 spiro atoms. The molecule has 0 aliphatic carbocycles. The van der Waals surface area contributed by atoms with Crippen LogP contribution >= 0.6 is 0 Å². The standard InChI is InChI=1S/C12H24N2O3.C2H6/c1-13-12(15)11-17-10-9-16-8-7-14-5-3-2-4-6-14;1-2/h2-11H2,1H3,(H,13,15);1-2H3. The van der Waals surface area contributed by atoms with Gasteiger partial charge in [-0.25, -0.2) is 0 Å². The Labute approximate surface area is 117 Å². The first-order valence-corrected chi connectivity index (χ1v) is 7.41. The molecule has 1 heterocycles. The third-order valence-electron chi connectivity index (χ3n) is 2.88. The van der Waals surface area contributed by atoms with Crippen molar-refractivity contribution in [2.24, 2.45) is 0 Å². The number of rotatable bonds is 8. The molecule has 0 bridgehead atoms. The first kappa shape index (κ1) is 18.4. The van der Waals surface area contributed by atoms with Crippen molar-refractivity contribution in [3.63, 3.8) is 0 Å². The quantitative estimate of drug-likeness (QED) is 0.677. The summed E-state index contributed by atoms with van der Waals surface area (Å²) in [5, 5.41) is 2.50. The lowest BCUT2D eigenvalue weighted by Gasteiger charge is -2.26. The van der Waals surface area contributed by atoms with Gasteiger partial charge >= 0.3 is 0 Å². The molecule has 1 amide bonds. The maximum atomic E-state index is 10.8. The third kappa shape index (κ3) is 10.9. The smallest absolute Gasteiger partial charge is 0.245 e. The minimum atomic E-state index is -0.0988. The van der Waals surface area contributed by atoms with Gasteiger partial charge in [0, 0.05) is 13.6 Å². The van der Waals surface area contributed by atoms with Crippen LogP contribution in [-0.4, -0.2) is 63.9 Å². The minimum Gasteiger partial charge on any atom is -0.378 e. The summed E-state index contributed by atoms with van der Waals surface area (Å²) < 4.78 is 10.6. The molecule has 1 fully saturated rings. The Hall–Kier alpha value is -0.650. The van der Waals surface area contributed by atoms with E-state index in [1.54, 1.807) is 7.05 Å². The third-order valence-corrected chi connectivity index (χ3v) is 2.88. The number of hydrogen-bond acceptors (Lipinski definition) is 4. The average Bonchev–Trinajstić information content (AvgIpc) is 2.49. The SMILES string of the molecule is CC.CNC(=O)COCCOCCN1CCCCC1. The van der Waals surface area contributed by atoms with Crippen molar-refractivity contribution in [3.05, 3.63) is 0 Å². The van der Waals surface area contributed by atoms with Gasteiger partial charge in [-0.3, -0.25) is 4.79 Å². The summed E-state index contributed by atoms with van der Waals surface area (Å²) in [5.74, 6) is -0.0988. The van der Waals surface area contributed by atoms with Crippen LogP contribution in [0, 0.1) is 0 Å². The van der Waals surface area contributed by atoms with E-state index in [4.69, 9.17) is 9.47 Å². The number of nitrogens with one attached hydrogen (secondary N) is 1. The van der Waals surface area contributed by atoms with Gasteiger partial charge in [-0.2, -0.15) is 0 Å². The Morgan fingerprint density at radius 3 is 2.32 bits per heavy atom. The van der Waals surface area contributed by atoms with E-state index >= 15 is 0 Å². The van der Waals surface area contributed by atoms with E-state index in [1.165, 1.54) is 32.4 Å². The maximum Gasteiger partial charge on any atom is 0.245 e. The van der Waals surface area contributed by atoms with Crippen LogP contribution in [0.5, 0.6) is 0 Å². The van der Waals surface area contributed by atoms with Gasteiger partial charge in [-0.05, 0) is 25.9 Å². The zero-order valence-corrected chi connectivity index (χ0v) is 12.7. The predicted molar refractivity (Wildman–Crippen MR) is 77.3 cm³/mol. The maximum absolute atomic E-state index is 10.8. The highest BCUT2D eigenvalue weighted by Gasteiger charge is 2.08. The van der Waals surface area contributed by atoms with E-state index in [-0.39, 0.29) is 12.5 Å². The lowest BCUT2D eigenvalue weighted by atomic mass is 10.1. The van der Waals surface area contributed by atoms with E-state index in [9.17, 15) is 4.79 Å². The highest BCUT2D eigenvalue weighted by atomic mass is 16.5. The van der Waals surface area contributed by atoms with Gasteiger partial charge in [0.05, 0.1) is 19.8 Å². The highest BCUT2D eigenvalue weighted by molar-refractivity contribution is 5.76. The molecule has 0 radical (unpaired) electrons. The second kappa shape index (κ2) is 13.8. The Morgan fingerprint density at radius 1 is 1.05 bits per heavy atom. The zero-order chi connectivity index (χ0) is 14.3. The summed E-state index contributed by atoms with van der Waals surface area (Å²) in [5.41, 5.74) is 0. The number of nitrogens with zero attached hydrogens (tertiary/aromatic N) is 1. The summed E-state index contributed by atoms with van der Waals surface area (Å²) in [6.07, 6.45) is 4.00. The number of carbonyl (C=O) groups excluding carboxylic acids is 1. The van der Waals surface area contributed by atoms with E-state index in [2.05, 4.69) is 10.2 Å². The topological polar surface area (TPSA) is 50.8 Å². The van der Waals surface area contributed by atoms with Gasteiger partial charge in [0.2, 0.25) is 5.91 Å². The number of likely N-dealkylation sites (N-methyl/N-ethyl adjacent to an activating group) is 1. The number of carbonyl (C=O) groups is 1. The Morgan fingerprint density at radius 2 is 1.68 bits per heavy atom. The molecule has 0 saturated carbocycles. The Bertz CT molecular complexity index is 207. The lowest BCUT2D eigenvalue weighted by molar-refractivity contribution is -0.125. The molecule has 0 aromatic heterocycles. The monoisotopic (exact) mass is 274 g/mol. The van der Waals surface area contributed by atoms with Crippen LogP contribution in [0.25, 0.3) is 0 Å². The molecule has 5 nitrogen and oxygen atoms in total. The van der Waals surface area contributed by atoms with Gasteiger partial charge in [0.25, 0.3) is 0 Å². The summed E-state index contributed by atoms with van der Waals surface area (Å²) in [6, 6.07) is 0. The molecule has 1 aliphatic heterocycles. The van der Waals surface area contributed by atoms with Gasteiger partial charge in [0.15, 0.2) is 0 Å². The number of amides is 1. The van der Waals surface area contributed by atoms with Gasteiger partial charge in [-0.1, -0.05) is 20.3 Å². The number of piperidine rings is 1. The largest absolute Gasteiger partial charge is 0.378 e. The number of likely N-dealkylation sites (tertiary alicyclic amines) is 1. The fourth-order valence-electron chi connectivity index (χ4n) is 1.83. The molecule has 5 heteroatoms. The molecule has 0 atom stereocenters. The molecule has 114 valence electrons. The predicted octanol–water partition coefficient (Wildman–Crippen LogP) is 1.28. The number of ether oxygens (including phenoxy) is 2. The van der Waals surface area contributed by atoms with E-state index in [0.717, 1.165) is 13.2 Å². The van der Waals surface area contributed by atoms with Crippen LogP contribution < -0.4 is 5.32 Å². The molecule has 1 N–H and O–H groups in total. The van der Waals surface area contributed by atoms with Crippen LogP contribution in [0.2, 0.25) is 0 Å². The first-order valence-electron chi connectivity index (χ1n) is 7.41. The van der Waals surface area contributed by atoms with Crippen LogP contribution in [-0.2, 0) is 14.3 Å². The summed E-state index contributed by atoms with van der Waals surface area (Å²) >= 11 is 0. The molecule has 0 aromatic rings. The van der Waals surface area contributed by atoms with E-state index in [0.29, 0.717) is 13.2 Å². The van der Waals surface area contributed by atoms with Crippen molar-refractivity contribution >= 4 is 5.91 Å². The summed E-state index contributed by atoms with van der Waals surface area (Å²) in [7, 11) is 1.60. The fraction of sp³-hybridized carbons (Fsp3) is 0.929.